The Morgan fingerprint density at radius 2 is 1.73 bits per heavy atom. The van der Waals surface area contributed by atoms with Gasteiger partial charge < -0.3 is 5.32 Å². The van der Waals surface area contributed by atoms with Crippen LogP contribution in [0.25, 0.3) is 0 Å². The van der Waals surface area contributed by atoms with Gasteiger partial charge in [0.05, 0.1) is 10.5 Å². The molecule has 10 heteroatoms. The SMILES string of the molecule is Cl.O=S(=O)(c1ccc(C(F)(F)F)c(F)c1)N1CCC(NCC2CC2)CC1. The van der Waals surface area contributed by atoms with Crippen LogP contribution < -0.4 is 5.32 Å². The summed E-state index contributed by atoms with van der Waals surface area (Å²) in [7, 11) is -3.99. The molecule has 1 aliphatic heterocycles. The van der Waals surface area contributed by atoms with Gasteiger partial charge in [0.2, 0.25) is 10.0 Å². The second kappa shape index (κ2) is 8.00. The molecule has 1 aromatic carbocycles. The molecular weight excluding hydrogens is 396 g/mol. The fourth-order valence-electron chi connectivity index (χ4n) is 2.99. The van der Waals surface area contributed by atoms with Gasteiger partial charge in [0.15, 0.2) is 0 Å². The molecule has 0 spiro atoms. The van der Waals surface area contributed by atoms with Crippen molar-refractivity contribution in [2.75, 3.05) is 19.6 Å². The first-order chi connectivity index (χ1) is 11.7. The van der Waals surface area contributed by atoms with E-state index >= 15 is 0 Å². The molecule has 1 saturated heterocycles. The molecule has 0 bridgehead atoms. The molecule has 2 aliphatic rings. The predicted molar refractivity (Wildman–Crippen MR) is 91.2 cm³/mol. The van der Waals surface area contributed by atoms with Crippen LogP contribution in [0.4, 0.5) is 17.6 Å². The topological polar surface area (TPSA) is 49.4 Å². The van der Waals surface area contributed by atoms with Crippen LogP contribution in [-0.4, -0.2) is 38.4 Å². The van der Waals surface area contributed by atoms with E-state index in [2.05, 4.69) is 5.32 Å². The molecule has 4 nitrogen and oxygen atoms in total. The average Bonchev–Trinajstić information content (AvgIpc) is 3.36. The van der Waals surface area contributed by atoms with Crippen LogP contribution in [0, 0.1) is 11.7 Å². The zero-order valence-electron chi connectivity index (χ0n) is 13.9. The van der Waals surface area contributed by atoms with E-state index in [4.69, 9.17) is 0 Å². The Balaban J connectivity index is 0.00000243. The first-order valence-corrected chi connectivity index (χ1v) is 9.72. The van der Waals surface area contributed by atoms with Crippen molar-refractivity contribution in [2.24, 2.45) is 5.92 Å². The van der Waals surface area contributed by atoms with Gasteiger partial charge in [-0.1, -0.05) is 0 Å². The second-order valence-corrected chi connectivity index (χ2v) is 8.61. The lowest BCUT2D eigenvalue weighted by Crippen LogP contribution is -2.45. The Labute approximate surface area is 156 Å². The predicted octanol–water partition coefficient (Wildman–Crippen LogP) is 3.42. The fourth-order valence-corrected chi connectivity index (χ4v) is 4.47. The maximum Gasteiger partial charge on any atom is 0.419 e. The summed E-state index contributed by atoms with van der Waals surface area (Å²) in [6.07, 6.45) is -1.11. The summed E-state index contributed by atoms with van der Waals surface area (Å²) in [6, 6.07) is 2.00. The maximum absolute atomic E-state index is 13.7. The minimum Gasteiger partial charge on any atom is -0.314 e. The van der Waals surface area contributed by atoms with Crippen molar-refractivity contribution < 1.29 is 26.0 Å². The Hall–Kier alpha value is -0.900. The minimum atomic E-state index is -4.85. The maximum atomic E-state index is 13.7. The zero-order chi connectivity index (χ0) is 18.2. The normalized spacial score (nSPS) is 20.0. The van der Waals surface area contributed by atoms with Gasteiger partial charge in [0, 0.05) is 19.1 Å². The van der Waals surface area contributed by atoms with Crippen LogP contribution in [0.1, 0.15) is 31.2 Å². The number of sulfonamides is 1. The summed E-state index contributed by atoms with van der Waals surface area (Å²) in [5.74, 6) is -0.841. The minimum absolute atomic E-state index is 0. The van der Waals surface area contributed by atoms with Crippen molar-refractivity contribution in [1.82, 2.24) is 9.62 Å². The number of piperidine rings is 1. The third-order valence-electron chi connectivity index (χ3n) is 4.73. The second-order valence-electron chi connectivity index (χ2n) is 6.67. The standard InChI is InChI=1S/C16H20F4N2O2S.ClH/c17-15-9-13(3-4-14(15)16(18,19)20)25(23,24)22-7-5-12(6-8-22)21-10-11-1-2-11;/h3-4,9,11-12,21H,1-2,5-8,10H2;1H. The summed E-state index contributed by atoms with van der Waals surface area (Å²) in [5, 5.41) is 3.42. The van der Waals surface area contributed by atoms with Gasteiger partial charge in [0.25, 0.3) is 0 Å². The van der Waals surface area contributed by atoms with Crippen molar-refractivity contribution >= 4 is 22.4 Å². The van der Waals surface area contributed by atoms with Crippen molar-refractivity contribution in [3.63, 3.8) is 0 Å². The van der Waals surface area contributed by atoms with Crippen LogP contribution in [0.3, 0.4) is 0 Å². The molecule has 0 unspecified atom stereocenters. The van der Waals surface area contributed by atoms with E-state index in [-0.39, 0.29) is 31.5 Å². The van der Waals surface area contributed by atoms with E-state index in [1.54, 1.807) is 0 Å². The lowest BCUT2D eigenvalue weighted by atomic mass is 10.1. The highest BCUT2D eigenvalue weighted by molar-refractivity contribution is 7.89. The molecule has 1 aliphatic carbocycles. The number of alkyl halides is 3. The Bertz CT molecular complexity index is 730. The lowest BCUT2D eigenvalue weighted by Gasteiger charge is -2.31. The van der Waals surface area contributed by atoms with E-state index in [1.165, 1.54) is 17.1 Å². The smallest absolute Gasteiger partial charge is 0.314 e. The van der Waals surface area contributed by atoms with E-state index in [9.17, 15) is 26.0 Å². The summed E-state index contributed by atoms with van der Waals surface area (Å²) in [5.41, 5.74) is -1.46. The molecule has 2 fully saturated rings. The fraction of sp³-hybridized carbons (Fsp3) is 0.625. The van der Waals surface area contributed by atoms with E-state index in [0.29, 0.717) is 25.0 Å². The van der Waals surface area contributed by atoms with Gasteiger partial charge in [-0.05, 0) is 56.3 Å². The van der Waals surface area contributed by atoms with Gasteiger partial charge in [0.1, 0.15) is 5.82 Å². The van der Waals surface area contributed by atoms with Crippen molar-refractivity contribution in [2.45, 2.75) is 42.8 Å². The number of halogens is 5. The van der Waals surface area contributed by atoms with Crippen LogP contribution in [0.2, 0.25) is 0 Å². The van der Waals surface area contributed by atoms with Crippen molar-refractivity contribution in [3.8, 4) is 0 Å². The number of benzene rings is 1. The molecular formula is C16H21ClF4N2O2S. The molecule has 3 rings (SSSR count). The average molecular weight is 417 g/mol. The number of nitrogens with one attached hydrogen (secondary N) is 1. The Morgan fingerprint density at radius 3 is 2.23 bits per heavy atom. The third-order valence-corrected chi connectivity index (χ3v) is 6.62. The van der Waals surface area contributed by atoms with Crippen molar-refractivity contribution in [3.05, 3.63) is 29.6 Å². The molecule has 26 heavy (non-hydrogen) atoms. The van der Waals surface area contributed by atoms with Crippen LogP contribution in [0.15, 0.2) is 23.1 Å². The number of rotatable bonds is 5. The highest BCUT2D eigenvalue weighted by Gasteiger charge is 2.36. The number of nitrogens with zero attached hydrogens (tertiary/aromatic N) is 1. The van der Waals surface area contributed by atoms with Gasteiger partial charge >= 0.3 is 6.18 Å². The van der Waals surface area contributed by atoms with Gasteiger partial charge in [-0.2, -0.15) is 17.5 Å². The summed E-state index contributed by atoms with van der Waals surface area (Å²) < 4.78 is 77.8. The summed E-state index contributed by atoms with van der Waals surface area (Å²) in [6.45, 7) is 1.49. The highest BCUT2D eigenvalue weighted by atomic mass is 35.5. The van der Waals surface area contributed by atoms with E-state index in [1.807, 2.05) is 0 Å². The zero-order valence-corrected chi connectivity index (χ0v) is 15.6. The molecule has 1 saturated carbocycles. The largest absolute Gasteiger partial charge is 0.419 e. The molecule has 1 aromatic rings. The molecule has 0 amide bonds. The van der Waals surface area contributed by atoms with Gasteiger partial charge in [-0.3, -0.25) is 0 Å². The van der Waals surface area contributed by atoms with Crippen LogP contribution in [0.5, 0.6) is 0 Å². The van der Waals surface area contributed by atoms with Crippen LogP contribution in [-0.2, 0) is 16.2 Å². The monoisotopic (exact) mass is 416 g/mol. The van der Waals surface area contributed by atoms with E-state index in [0.717, 1.165) is 18.5 Å². The van der Waals surface area contributed by atoms with Gasteiger partial charge in [-0.15, -0.1) is 12.4 Å². The first-order valence-electron chi connectivity index (χ1n) is 8.28. The molecule has 0 atom stereocenters. The molecule has 0 aromatic heterocycles. The highest BCUT2D eigenvalue weighted by Crippen LogP contribution is 2.33. The third kappa shape index (κ3) is 4.88. The van der Waals surface area contributed by atoms with Crippen LogP contribution >= 0.6 is 12.4 Å². The molecule has 0 radical (unpaired) electrons. The number of hydrogen-bond acceptors (Lipinski definition) is 3. The molecule has 1 N–H and O–H groups in total. The van der Waals surface area contributed by atoms with Gasteiger partial charge in [-0.25, -0.2) is 12.8 Å². The van der Waals surface area contributed by atoms with Crippen molar-refractivity contribution in [1.29, 1.82) is 0 Å². The summed E-state index contributed by atoms with van der Waals surface area (Å²) >= 11 is 0. The Kier molecular flexibility index (Phi) is 6.58. The molecule has 1 heterocycles. The lowest BCUT2D eigenvalue weighted by molar-refractivity contribution is -0.140. The molecule has 148 valence electrons. The summed E-state index contributed by atoms with van der Waals surface area (Å²) in [4.78, 5) is -0.442. The first kappa shape index (κ1) is 21.4. The Morgan fingerprint density at radius 1 is 1.12 bits per heavy atom. The quantitative estimate of drug-likeness (QED) is 0.748. The number of hydrogen-bond donors (Lipinski definition) is 1. The van der Waals surface area contributed by atoms with E-state index < -0.39 is 32.5 Å².